The third-order valence-corrected chi connectivity index (χ3v) is 3.68. The van der Waals surface area contributed by atoms with E-state index in [0.29, 0.717) is 17.9 Å². The van der Waals surface area contributed by atoms with Crippen molar-refractivity contribution in [1.82, 2.24) is 14.5 Å². The van der Waals surface area contributed by atoms with Crippen LogP contribution in [0, 0.1) is 10.1 Å². The number of carbonyl (C=O) groups is 1. The van der Waals surface area contributed by atoms with E-state index in [1.807, 2.05) is 25.9 Å². The monoisotopic (exact) mass is 406 g/mol. The van der Waals surface area contributed by atoms with Crippen LogP contribution in [0.2, 0.25) is 0 Å². The van der Waals surface area contributed by atoms with E-state index in [4.69, 9.17) is 4.74 Å². The number of halogens is 1. The smallest absolute Gasteiger partial charge is 0.347 e. The van der Waals surface area contributed by atoms with Gasteiger partial charge in [-0.15, -0.1) is 12.4 Å². The highest BCUT2D eigenvalue weighted by atomic mass is 35.5. The first-order chi connectivity index (χ1) is 12.8. The number of hydrogen-bond acceptors (Lipinski definition) is 6. The fourth-order valence-electron chi connectivity index (χ4n) is 2.51. The molecule has 1 unspecified atom stereocenters. The van der Waals surface area contributed by atoms with E-state index >= 15 is 0 Å². The molecular weight excluding hydrogens is 384 g/mol. The Balaban J connectivity index is 0.00000392. The zero-order chi connectivity index (χ0) is 20.0. The highest BCUT2D eigenvalue weighted by Crippen LogP contribution is 2.17. The van der Waals surface area contributed by atoms with E-state index in [1.54, 1.807) is 36.4 Å². The minimum Gasteiger partial charge on any atom is -0.458 e. The molecule has 1 aromatic heterocycles. The van der Waals surface area contributed by atoms with Crippen LogP contribution in [0.1, 0.15) is 28.7 Å². The van der Waals surface area contributed by atoms with Crippen molar-refractivity contribution in [3.05, 3.63) is 64.1 Å². The van der Waals surface area contributed by atoms with Gasteiger partial charge in [-0.1, -0.05) is 18.7 Å². The van der Waals surface area contributed by atoms with Gasteiger partial charge in [0.25, 0.3) is 0 Å². The van der Waals surface area contributed by atoms with Crippen molar-refractivity contribution in [1.29, 1.82) is 0 Å². The molecule has 0 aliphatic rings. The number of carbonyl (C=O) groups excluding carboxylic acids is 1. The lowest BCUT2D eigenvalue weighted by molar-refractivity contribution is -0.390. The number of imidazole rings is 1. The summed E-state index contributed by atoms with van der Waals surface area (Å²) in [7, 11) is 3.83. The number of hydrogen-bond donors (Lipinski definition) is 0. The van der Waals surface area contributed by atoms with Crippen LogP contribution >= 0.6 is 12.4 Å². The molecule has 0 saturated heterocycles. The van der Waals surface area contributed by atoms with Gasteiger partial charge in [-0.2, -0.15) is 4.57 Å². The second-order valence-corrected chi connectivity index (χ2v) is 6.22. The first-order valence-corrected chi connectivity index (χ1v) is 8.30. The number of ether oxygens (including phenoxy) is 1. The summed E-state index contributed by atoms with van der Waals surface area (Å²) in [6.07, 6.45) is 5.69. The van der Waals surface area contributed by atoms with Gasteiger partial charge in [0.1, 0.15) is 12.3 Å². The standard InChI is InChI=1S/C19H22N4O4.ClH/c1-5-22-17(20-12-18(22)23(25)26)11-8-15-6-9-16(10-7-15)19(24)27-14(2)13-21(3)4;/h5-12,14H,1,13H2,2-4H3;1H/b11-8+;. The van der Waals surface area contributed by atoms with E-state index in [9.17, 15) is 14.9 Å². The maximum atomic E-state index is 12.1. The predicted molar refractivity (Wildman–Crippen MR) is 111 cm³/mol. The van der Waals surface area contributed by atoms with E-state index < -0.39 is 4.92 Å². The van der Waals surface area contributed by atoms with Gasteiger partial charge in [0.2, 0.25) is 5.82 Å². The van der Waals surface area contributed by atoms with Crippen molar-refractivity contribution in [3.8, 4) is 0 Å². The Morgan fingerprint density at radius 2 is 2.00 bits per heavy atom. The van der Waals surface area contributed by atoms with Crippen molar-refractivity contribution >= 4 is 42.5 Å². The van der Waals surface area contributed by atoms with Gasteiger partial charge in [0.05, 0.1) is 11.8 Å². The van der Waals surface area contributed by atoms with Gasteiger partial charge in [-0.05, 0) is 49.7 Å². The highest BCUT2D eigenvalue weighted by molar-refractivity contribution is 5.90. The number of nitro groups is 1. The minimum atomic E-state index is -0.524. The second kappa shape index (κ2) is 10.4. The Bertz CT molecular complexity index is 859. The number of esters is 1. The molecule has 8 nitrogen and oxygen atoms in total. The minimum absolute atomic E-state index is 0. The summed E-state index contributed by atoms with van der Waals surface area (Å²) in [5.41, 5.74) is 1.27. The molecule has 0 fully saturated rings. The number of benzene rings is 1. The van der Waals surface area contributed by atoms with Crippen LogP contribution in [0.3, 0.4) is 0 Å². The van der Waals surface area contributed by atoms with Crippen molar-refractivity contribution in [2.45, 2.75) is 13.0 Å². The largest absolute Gasteiger partial charge is 0.458 e. The van der Waals surface area contributed by atoms with Gasteiger partial charge in [0, 0.05) is 12.6 Å². The van der Waals surface area contributed by atoms with Crippen molar-refractivity contribution in [2.75, 3.05) is 20.6 Å². The maximum Gasteiger partial charge on any atom is 0.347 e. The third-order valence-electron chi connectivity index (χ3n) is 3.68. The van der Waals surface area contributed by atoms with Gasteiger partial charge in [-0.25, -0.2) is 9.78 Å². The molecule has 0 N–H and O–H groups in total. The Labute approximate surface area is 169 Å². The number of aromatic nitrogens is 2. The predicted octanol–water partition coefficient (Wildman–Crippen LogP) is 3.59. The molecule has 150 valence electrons. The summed E-state index contributed by atoms with van der Waals surface area (Å²) in [5, 5.41) is 10.9. The molecule has 0 bridgehead atoms. The van der Waals surface area contributed by atoms with Gasteiger partial charge < -0.3 is 19.8 Å². The average molecular weight is 407 g/mol. The molecule has 0 radical (unpaired) electrons. The molecule has 2 rings (SSSR count). The lowest BCUT2D eigenvalue weighted by Crippen LogP contribution is -2.28. The number of rotatable bonds is 8. The second-order valence-electron chi connectivity index (χ2n) is 6.22. The Morgan fingerprint density at radius 1 is 1.36 bits per heavy atom. The molecule has 9 heteroatoms. The third kappa shape index (κ3) is 6.04. The number of nitrogens with zero attached hydrogens (tertiary/aromatic N) is 4. The van der Waals surface area contributed by atoms with E-state index in [2.05, 4.69) is 11.6 Å². The summed E-state index contributed by atoms with van der Waals surface area (Å²) in [6, 6.07) is 6.87. The van der Waals surface area contributed by atoms with Crippen LogP contribution < -0.4 is 0 Å². The maximum absolute atomic E-state index is 12.1. The zero-order valence-corrected chi connectivity index (χ0v) is 16.8. The van der Waals surface area contributed by atoms with E-state index in [0.717, 1.165) is 5.56 Å². The Hall–Kier alpha value is -2.97. The van der Waals surface area contributed by atoms with Gasteiger partial charge in [0.15, 0.2) is 0 Å². The van der Waals surface area contributed by atoms with Crippen molar-refractivity contribution in [3.63, 3.8) is 0 Å². The topological polar surface area (TPSA) is 90.5 Å². The van der Waals surface area contributed by atoms with Crippen LogP contribution in [0.15, 0.2) is 37.0 Å². The zero-order valence-electron chi connectivity index (χ0n) is 15.9. The summed E-state index contributed by atoms with van der Waals surface area (Å²) < 4.78 is 6.67. The quantitative estimate of drug-likeness (QED) is 0.378. The molecule has 0 spiro atoms. The fourth-order valence-corrected chi connectivity index (χ4v) is 2.51. The summed E-state index contributed by atoms with van der Waals surface area (Å²) in [4.78, 5) is 28.5. The lowest BCUT2D eigenvalue weighted by atomic mass is 10.1. The van der Waals surface area contributed by atoms with E-state index in [1.165, 1.54) is 17.0 Å². The molecule has 28 heavy (non-hydrogen) atoms. The average Bonchev–Trinajstić information content (AvgIpc) is 3.02. The molecule has 0 amide bonds. The summed E-state index contributed by atoms with van der Waals surface area (Å²) >= 11 is 0. The number of likely N-dealkylation sites (N-methyl/N-ethyl adjacent to an activating group) is 1. The van der Waals surface area contributed by atoms with Crippen LogP contribution in [-0.2, 0) is 4.74 Å². The van der Waals surface area contributed by atoms with Crippen LogP contribution in [0.25, 0.3) is 18.4 Å². The van der Waals surface area contributed by atoms with Crippen molar-refractivity contribution in [2.24, 2.45) is 0 Å². The Kier molecular flexibility index (Phi) is 8.56. The molecule has 1 heterocycles. The van der Waals surface area contributed by atoms with Crippen LogP contribution in [-0.4, -0.2) is 52.1 Å². The SMILES string of the molecule is C=Cn1c([N+](=O)[O-])cnc1/C=C/c1ccc(C(=O)OC(C)CN(C)C)cc1.Cl. The van der Waals surface area contributed by atoms with Crippen molar-refractivity contribution < 1.29 is 14.5 Å². The first kappa shape index (κ1) is 23.1. The molecule has 0 saturated carbocycles. The lowest BCUT2D eigenvalue weighted by Gasteiger charge is -2.17. The molecule has 1 atom stereocenters. The highest BCUT2D eigenvalue weighted by Gasteiger charge is 2.16. The van der Waals surface area contributed by atoms with Crippen LogP contribution in [0.4, 0.5) is 5.82 Å². The molecule has 2 aromatic rings. The van der Waals surface area contributed by atoms with Crippen LogP contribution in [0.5, 0.6) is 0 Å². The van der Waals surface area contributed by atoms with E-state index in [-0.39, 0.29) is 30.3 Å². The summed E-state index contributed by atoms with van der Waals surface area (Å²) in [5.74, 6) is -0.148. The van der Waals surface area contributed by atoms with Gasteiger partial charge in [-0.3, -0.25) is 0 Å². The fraction of sp³-hybridized carbons (Fsp3) is 0.263. The Morgan fingerprint density at radius 3 is 2.54 bits per heavy atom. The summed E-state index contributed by atoms with van der Waals surface area (Å²) in [6.45, 7) is 6.06. The molecule has 1 aromatic carbocycles. The molecular formula is C19H23ClN4O4. The van der Waals surface area contributed by atoms with Gasteiger partial charge >= 0.3 is 11.8 Å². The molecule has 0 aliphatic carbocycles. The first-order valence-electron chi connectivity index (χ1n) is 8.30. The molecule has 0 aliphatic heterocycles. The normalized spacial score (nSPS) is 11.9.